The van der Waals surface area contributed by atoms with Crippen LogP contribution in [0, 0.1) is 6.92 Å². The molecule has 166 valence electrons. The van der Waals surface area contributed by atoms with Crippen LogP contribution in [0.5, 0.6) is 0 Å². The van der Waals surface area contributed by atoms with E-state index in [1.165, 1.54) is 6.20 Å². The number of hydrogen-bond donors (Lipinski definition) is 3. The van der Waals surface area contributed by atoms with Gasteiger partial charge in [-0.05, 0) is 26.2 Å². The zero-order valence-corrected chi connectivity index (χ0v) is 18.2. The zero-order chi connectivity index (χ0) is 22.5. The Morgan fingerprint density at radius 1 is 1.22 bits per heavy atom. The topological polar surface area (TPSA) is 150 Å². The van der Waals surface area contributed by atoms with E-state index in [0.29, 0.717) is 46.1 Å². The van der Waals surface area contributed by atoms with Crippen LogP contribution >= 0.6 is 0 Å². The second kappa shape index (κ2) is 9.65. The second-order valence-electron chi connectivity index (χ2n) is 7.50. The van der Waals surface area contributed by atoms with Gasteiger partial charge in [0.2, 0.25) is 0 Å². The minimum absolute atomic E-state index is 0.288. The lowest BCUT2D eigenvalue weighted by Crippen LogP contribution is -2.29. The van der Waals surface area contributed by atoms with E-state index in [2.05, 4.69) is 25.3 Å². The molecule has 1 fully saturated rings. The molecule has 4 rings (SSSR count). The average Bonchev–Trinajstić information content (AvgIpc) is 2.81. The van der Waals surface area contributed by atoms with E-state index in [0.717, 1.165) is 37.6 Å². The number of hydrogen-bond acceptors (Lipinski definition) is 10. The van der Waals surface area contributed by atoms with Crippen molar-refractivity contribution in [3.8, 4) is 0 Å². The highest BCUT2D eigenvalue weighted by Gasteiger charge is 2.19. The van der Waals surface area contributed by atoms with Gasteiger partial charge in [0, 0.05) is 61.3 Å². The highest BCUT2D eigenvalue weighted by molar-refractivity contribution is 6.14. The number of allylic oxidation sites excluding steroid dienone is 1. The minimum atomic E-state index is 0.288. The summed E-state index contributed by atoms with van der Waals surface area (Å²) in [7, 11) is 0. The van der Waals surface area contributed by atoms with Crippen LogP contribution in [-0.4, -0.2) is 50.4 Å². The summed E-state index contributed by atoms with van der Waals surface area (Å²) in [6.07, 6.45) is 8.96. The Labute approximate surface area is 186 Å². The first-order valence-corrected chi connectivity index (χ1v) is 10.6. The molecule has 0 aliphatic carbocycles. The van der Waals surface area contributed by atoms with Crippen molar-refractivity contribution in [2.45, 2.75) is 39.2 Å². The van der Waals surface area contributed by atoms with Gasteiger partial charge < -0.3 is 21.5 Å². The number of nitrogens with one attached hydrogen (secondary N) is 1. The molecule has 3 aromatic heterocycles. The van der Waals surface area contributed by atoms with Crippen LogP contribution in [-0.2, 0) is 11.2 Å². The van der Waals surface area contributed by atoms with Crippen molar-refractivity contribution in [3.63, 3.8) is 0 Å². The summed E-state index contributed by atoms with van der Waals surface area (Å²) in [5.74, 6) is 2.24. The van der Waals surface area contributed by atoms with Gasteiger partial charge in [-0.25, -0.2) is 29.9 Å². The van der Waals surface area contributed by atoms with Crippen molar-refractivity contribution >= 4 is 40.3 Å². The molecule has 0 spiro atoms. The number of fused-ring (bicyclic) bond motifs is 1. The minimum Gasteiger partial charge on any atom is -0.404 e. The number of ether oxygens (including phenoxy) is 1. The van der Waals surface area contributed by atoms with Crippen LogP contribution < -0.4 is 16.8 Å². The van der Waals surface area contributed by atoms with Crippen LogP contribution in [0.25, 0.3) is 16.6 Å². The number of rotatable bonds is 6. The van der Waals surface area contributed by atoms with Crippen LogP contribution in [0.2, 0.25) is 0 Å². The molecule has 1 aliphatic rings. The molecule has 0 bridgehead atoms. The third kappa shape index (κ3) is 4.65. The predicted octanol–water partition coefficient (Wildman–Crippen LogP) is 2.56. The predicted molar refractivity (Wildman–Crippen MR) is 126 cm³/mol. The normalized spacial score (nSPS) is 15.5. The molecule has 10 nitrogen and oxygen atoms in total. The van der Waals surface area contributed by atoms with Crippen LogP contribution in [0.1, 0.15) is 36.8 Å². The standard InChI is InChI=1S/C22H27N9O/c1-3-17-22(29-15-5-8-32-9-6-15)31-19-16(12-27-21(24)20(19)30-17)14(10-23)11-26-18-4-7-25-13(2)28-18/h4,7,10-12,15H,3,5-6,8-9,23H2,1-2H3,(H2,24,27)(H,29,31). The molecule has 0 atom stereocenters. The van der Waals surface area contributed by atoms with E-state index in [1.807, 2.05) is 13.8 Å². The van der Waals surface area contributed by atoms with Crippen molar-refractivity contribution in [2.24, 2.45) is 10.7 Å². The fraction of sp³-hybridized carbons (Fsp3) is 0.364. The van der Waals surface area contributed by atoms with Crippen molar-refractivity contribution in [1.82, 2.24) is 24.9 Å². The maximum absolute atomic E-state index is 6.15. The van der Waals surface area contributed by atoms with Crippen molar-refractivity contribution in [1.29, 1.82) is 0 Å². The second-order valence-corrected chi connectivity index (χ2v) is 7.50. The smallest absolute Gasteiger partial charge is 0.155 e. The molecule has 0 unspecified atom stereocenters. The van der Waals surface area contributed by atoms with Crippen molar-refractivity contribution in [2.75, 3.05) is 24.3 Å². The highest BCUT2D eigenvalue weighted by Crippen LogP contribution is 2.28. The third-order valence-electron chi connectivity index (χ3n) is 5.28. The van der Waals surface area contributed by atoms with Gasteiger partial charge in [-0.1, -0.05) is 6.92 Å². The number of nitrogen functional groups attached to an aromatic ring is 1. The third-order valence-corrected chi connectivity index (χ3v) is 5.28. The van der Waals surface area contributed by atoms with Gasteiger partial charge in [0.05, 0.1) is 5.69 Å². The summed E-state index contributed by atoms with van der Waals surface area (Å²) in [4.78, 5) is 26.8. The molecular formula is C22H27N9O. The lowest BCUT2D eigenvalue weighted by atomic mass is 10.1. The number of pyridine rings is 1. The fourth-order valence-corrected chi connectivity index (χ4v) is 3.56. The first kappa shape index (κ1) is 21.6. The SMILES string of the molecule is CCc1nc2c(N)ncc(C(C=Nc3ccnc(C)n3)=CN)c2nc1NC1CCOCC1. The Morgan fingerprint density at radius 2 is 2.03 bits per heavy atom. The monoisotopic (exact) mass is 433 g/mol. The summed E-state index contributed by atoms with van der Waals surface area (Å²) in [6.45, 7) is 5.33. The van der Waals surface area contributed by atoms with E-state index in [1.54, 1.807) is 24.7 Å². The number of aromatic nitrogens is 5. The van der Waals surface area contributed by atoms with Crippen LogP contribution in [0.3, 0.4) is 0 Å². The highest BCUT2D eigenvalue weighted by atomic mass is 16.5. The number of anilines is 2. The molecule has 3 aromatic rings. The van der Waals surface area contributed by atoms with Crippen molar-refractivity contribution < 1.29 is 4.74 Å². The fourth-order valence-electron chi connectivity index (χ4n) is 3.56. The van der Waals surface area contributed by atoms with Gasteiger partial charge in [0.15, 0.2) is 11.6 Å². The summed E-state index contributed by atoms with van der Waals surface area (Å²) < 4.78 is 5.47. The molecule has 32 heavy (non-hydrogen) atoms. The maximum atomic E-state index is 6.15. The van der Waals surface area contributed by atoms with Gasteiger partial charge >= 0.3 is 0 Å². The quantitative estimate of drug-likeness (QED) is 0.498. The van der Waals surface area contributed by atoms with E-state index in [9.17, 15) is 0 Å². The van der Waals surface area contributed by atoms with Gasteiger partial charge in [0.25, 0.3) is 0 Å². The summed E-state index contributed by atoms with van der Waals surface area (Å²) in [5.41, 5.74) is 15.4. The average molecular weight is 434 g/mol. The van der Waals surface area contributed by atoms with E-state index in [4.69, 9.17) is 26.2 Å². The molecule has 0 aromatic carbocycles. The molecule has 5 N–H and O–H groups in total. The Hall–Kier alpha value is -3.66. The Bertz CT molecular complexity index is 1170. The summed E-state index contributed by atoms with van der Waals surface area (Å²) in [6, 6.07) is 2.01. The number of aryl methyl sites for hydroxylation is 2. The Morgan fingerprint density at radius 3 is 2.75 bits per heavy atom. The van der Waals surface area contributed by atoms with E-state index < -0.39 is 0 Å². The molecule has 10 heteroatoms. The molecule has 0 saturated carbocycles. The van der Waals surface area contributed by atoms with E-state index >= 15 is 0 Å². The lowest BCUT2D eigenvalue weighted by molar-refractivity contribution is 0.0903. The molecular weight excluding hydrogens is 406 g/mol. The van der Waals surface area contributed by atoms with Gasteiger partial charge in [0.1, 0.15) is 22.7 Å². The molecule has 0 radical (unpaired) electrons. The first-order valence-electron chi connectivity index (χ1n) is 10.6. The van der Waals surface area contributed by atoms with Crippen LogP contribution in [0.15, 0.2) is 29.7 Å². The van der Waals surface area contributed by atoms with Gasteiger partial charge in [-0.15, -0.1) is 0 Å². The number of nitrogens with two attached hydrogens (primary N) is 2. The first-order chi connectivity index (χ1) is 15.6. The lowest BCUT2D eigenvalue weighted by Gasteiger charge is -2.24. The van der Waals surface area contributed by atoms with E-state index in [-0.39, 0.29) is 6.04 Å². The molecule has 1 aliphatic heterocycles. The molecule has 0 amide bonds. The number of nitrogens with zero attached hydrogens (tertiary/aromatic N) is 6. The van der Waals surface area contributed by atoms with Crippen LogP contribution in [0.4, 0.5) is 17.5 Å². The Balaban J connectivity index is 1.76. The van der Waals surface area contributed by atoms with Gasteiger partial charge in [-0.3, -0.25) is 0 Å². The Kier molecular flexibility index (Phi) is 6.50. The van der Waals surface area contributed by atoms with Gasteiger partial charge in [-0.2, -0.15) is 0 Å². The summed E-state index contributed by atoms with van der Waals surface area (Å²) in [5, 5.41) is 3.54. The largest absolute Gasteiger partial charge is 0.404 e. The molecule has 1 saturated heterocycles. The maximum Gasteiger partial charge on any atom is 0.155 e. The number of aliphatic imine (C=N–C) groups is 1. The summed E-state index contributed by atoms with van der Waals surface area (Å²) >= 11 is 0. The van der Waals surface area contributed by atoms with Crippen molar-refractivity contribution in [3.05, 3.63) is 41.7 Å². The molecule has 4 heterocycles. The zero-order valence-electron chi connectivity index (χ0n) is 18.2.